The first-order chi connectivity index (χ1) is 16.5. The Bertz CT molecular complexity index is 1020. The van der Waals surface area contributed by atoms with Gasteiger partial charge in [0.15, 0.2) is 0 Å². The monoisotopic (exact) mass is 497 g/mol. The zero-order valence-electron chi connectivity index (χ0n) is 19.1. The molecule has 2 aromatic carbocycles. The van der Waals surface area contributed by atoms with E-state index < -0.39 is 18.0 Å². The average Bonchev–Trinajstić information content (AvgIpc) is 2.81. The third kappa shape index (κ3) is 9.36. The highest BCUT2D eigenvalue weighted by molar-refractivity contribution is 5.94. The second kappa shape index (κ2) is 12.8. The van der Waals surface area contributed by atoms with Gasteiger partial charge in [-0.3, -0.25) is 9.59 Å². The van der Waals surface area contributed by atoms with Crippen LogP contribution in [0.3, 0.4) is 0 Å². The van der Waals surface area contributed by atoms with Gasteiger partial charge in [0.2, 0.25) is 5.91 Å². The fourth-order valence-corrected chi connectivity index (χ4v) is 3.39. The predicted octanol–water partition coefficient (Wildman–Crippen LogP) is 3.23. The van der Waals surface area contributed by atoms with Crippen molar-refractivity contribution in [3.05, 3.63) is 71.0 Å². The van der Waals surface area contributed by atoms with Crippen molar-refractivity contribution >= 4 is 17.8 Å². The highest BCUT2D eigenvalue weighted by Gasteiger charge is 2.38. The number of hydrogen-bond donors (Lipinski definition) is 2. The lowest BCUT2D eigenvalue weighted by Gasteiger charge is -2.29. The van der Waals surface area contributed by atoms with Crippen molar-refractivity contribution in [3.63, 3.8) is 0 Å². The summed E-state index contributed by atoms with van der Waals surface area (Å²) in [5.74, 6) is -3.43. The number of alkyl halides is 3. The Kier molecular flexibility index (Phi) is 10.2. The summed E-state index contributed by atoms with van der Waals surface area (Å²) in [5, 5.41) is 10.3. The number of piperazine rings is 1. The number of nitrogens with zero attached hydrogens (tertiary/aromatic N) is 2. The lowest BCUT2D eigenvalue weighted by molar-refractivity contribution is -0.192. The van der Waals surface area contributed by atoms with Crippen LogP contribution in [0.2, 0.25) is 0 Å². The van der Waals surface area contributed by atoms with Crippen molar-refractivity contribution in [3.8, 4) is 0 Å². The van der Waals surface area contributed by atoms with Gasteiger partial charge in [0.1, 0.15) is 5.82 Å². The van der Waals surface area contributed by atoms with Crippen LogP contribution < -0.4 is 5.32 Å². The molecule has 35 heavy (non-hydrogen) atoms. The third-order valence-corrected chi connectivity index (χ3v) is 5.12. The number of nitrogens with one attached hydrogen (secondary N) is 1. The molecule has 0 aliphatic carbocycles. The number of carboxylic acid groups (broad SMARTS) is 1. The topological polar surface area (TPSA) is 90.0 Å². The summed E-state index contributed by atoms with van der Waals surface area (Å²) in [5.41, 5.74) is 2.38. The van der Waals surface area contributed by atoms with Gasteiger partial charge < -0.3 is 20.2 Å². The Morgan fingerprint density at radius 2 is 1.69 bits per heavy atom. The Morgan fingerprint density at radius 3 is 2.26 bits per heavy atom. The van der Waals surface area contributed by atoms with Gasteiger partial charge in [0.05, 0.1) is 0 Å². The molecule has 2 N–H and O–H groups in total. The number of aliphatic carboxylic acids is 1. The minimum atomic E-state index is -5.08. The lowest BCUT2D eigenvalue weighted by Crippen LogP contribution is -2.47. The highest BCUT2D eigenvalue weighted by Crippen LogP contribution is 2.14. The molecule has 0 bridgehead atoms. The Balaban J connectivity index is 0.000000540. The lowest BCUT2D eigenvalue weighted by atomic mass is 10.1. The van der Waals surface area contributed by atoms with E-state index in [0.29, 0.717) is 31.7 Å². The molecule has 1 heterocycles. The Labute approximate surface area is 200 Å². The molecule has 11 heteroatoms. The summed E-state index contributed by atoms with van der Waals surface area (Å²) >= 11 is 0. The highest BCUT2D eigenvalue weighted by atomic mass is 19.4. The van der Waals surface area contributed by atoms with Crippen LogP contribution in [0.25, 0.3) is 0 Å². The van der Waals surface area contributed by atoms with E-state index in [1.165, 1.54) is 18.2 Å². The smallest absolute Gasteiger partial charge is 0.475 e. The molecule has 1 aliphatic rings. The van der Waals surface area contributed by atoms with E-state index in [4.69, 9.17) is 9.90 Å². The fourth-order valence-electron chi connectivity index (χ4n) is 3.39. The van der Waals surface area contributed by atoms with E-state index in [9.17, 15) is 27.2 Å². The van der Waals surface area contributed by atoms with Crippen LogP contribution in [0.4, 0.5) is 17.6 Å². The molecule has 190 valence electrons. The minimum Gasteiger partial charge on any atom is -0.475 e. The minimum absolute atomic E-state index is 0.0442. The molecule has 3 rings (SSSR count). The van der Waals surface area contributed by atoms with E-state index in [2.05, 4.69) is 5.32 Å². The van der Waals surface area contributed by atoms with Gasteiger partial charge in [-0.05, 0) is 30.7 Å². The van der Waals surface area contributed by atoms with Crippen molar-refractivity contribution in [2.75, 3.05) is 32.7 Å². The Morgan fingerprint density at radius 1 is 1.06 bits per heavy atom. The normalized spacial score (nSPS) is 13.5. The van der Waals surface area contributed by atoms with Gasteiger partial charge >= 0.3 is 12.1 Å². The number of carbonyl (C=O) groups is 3. The summed E-state index contributed by atoms with van der Waals surface area (Å²) in [4.78, 5) is 37.9. The maximum atomic E-state index is 13.6. The predicted molar refractivity (Wildman–Crippen MR) is 120 cm³/mol. The first-order valence-corrected chi connectivity index (χ1v) is 10.9. The van der Waals surface area contributed by atoms with Crippen molar-refractivity contribution in [1.82, 2.24) is 15.1 Å². The summed E-state index contributed by atoms with van der Waals surface area (Å²) in [6, 6.07) is 13.6. The first-order valence-electron chi connectivity index (χ1n) is 10.9. The zero-order valence-corrected chi connectivity index (χ0v) is 19.1. The van der Waals surface area contributed by atoms with Gasteiger partial charge in [0.25, 0.3) is 5.91 Å². The molecule has 0 spiro atoms. The first kappa shape index (κ1) is 27.8. The van der Waals surface area contributed by atoms with Gasteiger partial charge in [0, 0.05) is 51.3 Å². The van der Waals surface area contributed by atoms with Crippen LogP contribution >= 0.6 is 0 Å². The van der Waals surface area contributed by atoms with Crippen molar-refractivity contribution < 1.29 is 37.1 Å². The summed E-state index contributed by atoms with van der Waals surface area (Å²) < 4.78 is 45.3. The third-order valence-electron chi connectivity index (χ3n) is 5.12. The van der Waals surface area contributed by atoms with E-state index in [1.54, 1.807) is 11.0 Å². The molecule has 2 amide bonds. The molecule has 1 aliphatic heterocycles. The van der Waals surface area contributed by atoms with E-state index in [-0.39, 0.29) is 18.2 Å². The maximum absolute atomic E-state index is 13.6. The van der Waals surface area contributed by atoms with Crippen LogP contribution in [0.15, 0.2) is 48.5 Å². The molecule has 0 aromatic heterocycles. The number of carboxylic acids is 1. The van der Waals surface area contributed by atoms with Crippen LogP contribution in [0.1, 0.15) is 27.9 Å². The standard InChI is InChI=1S/C22H26FN3O2.C2HF3O2/c1-17-4-2-5-18(14-17)16-26(22(28)19-6-3-7-20(23)15-19)11-8-21(27)25-12-9-24-10-13-25;3-2(4,5)1(6)7/h2-7,14-15,24H,8-13,16H2,1H3;(H,6,7). The van der Waals surface area contributed by atoms with Gasteiger partial charge in [-0.1, -0.05) is 35.9 Å². The second-order valence-corrected chi connectivity index (χ2v) is 7.91. The van der Waals surface area contributed by atoms with Crippen molar-refractivity contribution in [2.45, 2.75) is 26.1 Å². The molecular formula is C24H27F4N3O4. The SMILES string of the molecule is Cc1cccc(CN(CCC(=O)N2CCNCC2)C(=O)c2cccc(F)c2)c1.O=C(O)C(F)(F)F. The van der Waals surface area contributed by atoms with Crippen LogP contribution in [-0.4, -0.2) is 71.6 Å². The fraction of sp³-hybridized carbons (Fsp3) is 0.375. The van der Waals surface area contributed by atoms with Crippen molar-refractivity contribution in [1.29, 1.82) is 0 Å². The Hall–Kier alpha value is -3.47. The van der Waals surface area contributed by atoms with E-state index in [1.807, 2.05) is 36.1 Å². The molecule has 1 fully saturated rings. The van der Waals surface area contributed by atoms with Gasteiger partial charge in [-0.2, -0.15) is 13.2 Å². The molecule has 2 aromatic rings. The quantitative estimate of drug-likeness (QED) is 0.599. The van der Waals surface area contributed by atoms with Crippen molar-refractivity contribution in [2.24, 2.45) is 0 Å². The molecule has 1 saturated heterocycles. The molecule has 7 nitrogen and oxygen atoms in total. The van der Waals surface area contributed by atoms with Gasteiger partial charge in [-0.15, -0.1) is 0 Å². The number of rotatable bonds is 6. The van der Waals surface area contributed by atoms with E-state index in [0.717, 1.165) is 24.2 Å². The number of carbonyl (C=O) groups excluding carboxylic acids is 2. The largest absolute Gasteiger partial charge is 0.490 e. The van der Waals surface area contributed by atoms with E-state index >= 15 is 0 Å². The summed E-state index contributed by atoms with van der Waals surface area (Å²) in [6.07, 6.45) is -4.83. The summed E-state index contributed by atoms with van der Waals surface area (Å²) in [6.45, 7) is 5.64. The number of halogens is 4. The zero-order chi connectivity index (χ0) is 26.0. The molecule has 0 radical (unpaired) electrons. The molecular weight excluding hydrogens is 470 g/mol. The number of aryl methyl sites for hydroxylation is 1. The average molecular weight is 497 g/mol. The number of hydrogen-bond acceptors (Lipinski definition) is 4. The molecule has 0 saturated carbocycles. The maximum Gasteiger partial charge on any atom is 0.490 e. The molecule has 0 atom stereocenters. The van der Waals surface area contributed by atoms with Gasteiger partial charge in [-0.25, -0.2) is 9.18 Å². The summed E-state index contributed by atoms with van der Waals surface area (Å²) in [7, 11) is 0. The number of amides is 2. The second-order valence-electron chi connectivity index (χ2n) is 7.91. The van der Waals surface area contributed by atoms with Crippen LogP contribution in [0.5, 0.6) is 0 Å². The molecule has 0 unspecified atom stereocenters. The van der Waals surface area contributed by atoms with Crippen LogP contribution in [-0.2, 0) is 16.1 Å². The number of benzene rings is 2. The van der Waals surface area contributed by atoms with Crippen LogP contribution in [0, 0.1) is 12.7 Å².